The molecule has 0 N–H and O–H groups in total. The van der Waals surface area contributed by atoms with Gasteiger partial charge in [0.25, 0.3) is 0 Å². The molecule has 1 aromatic rings. The fourth-order valence-electron chi connectivity index (χ4n) is 2.36. The highest BCUT2D eigenvalue weighted by atomic mass is 79.9. The normalized spacial score (nSPS) is 17.8. The Kier molecular flexibility index (Phi) is 4.35. The van der Waals surface area contributed by atoms with Gasteiger partial charge in [0.15, 0.2) is 0 Å². The summed E-state index contributed by atoms with van der Waals surface area (Å²) in [5.41, 5.74) is 1.86. The molecule has 0 fully saturated rings. The first-order valence-corrected chi connectivity index (χ1v) is 7.77. The third kappa shape index (κ3) is 3.29. The average molecular weight is 361 g/mol. The van der Waals surface area contributed by atoms with Gasteiger partial charge in [0.05, 0.1) is 5.02 Å². The maximum Gasteiger partial charge on any atom is 0.410 e. The second-order valence-electron chi connectivity index (χ2n) is 6.15. The number of rotatable bonds is 1. The first kappa shape index (κ1) is 15.6. The minimum atomic E-state index is -0.475. The zero-order valence-electron chi connectivity index (χ0n) is 12.2. The quantitative estimate of drug-likeness (QED) is 0.741. The summed E-state index contributed by atoms with van der Waals surface area (Å²) in [7, 11) is 1.79. The second kappa shape index (κ2) is 5.57. The number of likely N-dealkylation sites (N-methyl/N-ethyl adjacent to an activating group) is 1. The Morgan fingerprint density at radius 2 is 2.05 bits per heavy atom. The van der Waals surface area contributed by atoms with Crippen molar-refractivity contribution in [3.05, 3.63) is 32.8 Å². The summed E-state index contributed by atoms with van der Waals surface area (Å²) < 4.78 is 6.31. The Hall–Kier alpha value is -0.740. The molecule has 0 bridgehead atoms. The number of ether oxygens (including phenoxy) is 1. The highest BCUT2D eigenvalue weighted by Crippen LogP contribution is 2.35. The van der Waals surface area contributed by atoms with E-state index in [9.17, 15) is 4.79 Å². The topological polar surface area (TPSA) is 29.5 Å². The van der Waals surface area contributed by atoms with E-state index in [0.717, 1.165) is 27.9 Å². The van der Waals surface area contributed by atoms with Gasteiger partial charge in [-0.15, -0.1) is 0 Å². The Bertz CT molecular complexity index is 539. The highest BCUT2D eigenvalue weighted by Gasteiger charge is 2.31. The van der Waals surface area contributed by atoms with Crippen molar-refractivity contribution < 1.29 is 9.53 Å². The Morgan fingerprint density at radius 3 is 2.65 bits per heavy atom. The molecular formula is C15H19BrClNO2. The summed E-state index contributed by atoms with van der Waals surface area (Å²) in [6, 6.07) is 4.12. The number of hydrogen-bond donors (Lipinski definition) is 0. The molecule has 1 aromatic carbocycles. The van der Waals surface area contributed by atoms with Crippen molar-refractivity contribution >= 4 is 33.6 Å². The lowest BCUT2D eigenvalue weighted by molar-refractivity contribution is 0.0229. The van der Waals surface area contributed by atoms with Crippen LogP contribution in [0.3, 0.4) is 0 Å². The standard InChI is InChI=1S/C15H19BrClNO2/c1-15(2,3)20-14(19)18(4)10-7-9-5-6-12(16)13(17)11(9)8-10/h5-6,10H,7-8H2,1-4H3. The van der Waals surface area contributed by atoms with Gasteiger partial charge in [-0.1, -0.05) is 17.7 Å². The van der Waals surface area contributed by atoms with Gasteiger partial charge in [0, 0.05) is 17.6 Å². The predicted molar refractivity (Wildman–Crippen MR) is 84.3 cm³/mol. The van der Waals surface area contributed by atoms with Crippen molar-refractivity contribution in [2.24, 2.45) is 0 Å². The van der Waals surface area contributed by atoms with Crippen molar-refractivity contribution in [2.75, 3.05) is 7.05 Å². The van der Waals surface area contributed by atoms with Gasteiger partial charge in [-0.2, -0.15) is 0 Å². The molecule has 20 heavy (non-hydrogen) atoms. The fraction of sp³-hybridized carbons (Fsp3) is 0.533. The lowest BCUT2D eigenvalue weighted by atomic mass is 10.1. The number of carbonyl (C=O) groups excluding carboxylic acids is 1. The first-order chi connectivity index (χ1) is 9.19. The molecule has 0 spiro atoms. The van der Waals surface area contributed by atoms with Crippen LogP contribution in [0.15, 0.2) is 16.6 Å². The van der Waals surface area contributed by atoms with Crippen molar-refractivity contribution in [2.45, 2.75) is 45.3 Å². The van der Waals surface area contributed by atoms with E-state index in [1.54, 1.807) is 11.9 Å². The van der Waals surface area contributed by atoms with Crippen LogP contribution in [0.25, 0.3) is 0 Å². The third-order valence-electron chi connectivity index (χ3n) is 3.42. The van der Waals surface area contributed by atoms with Crippen molar-refractivity contribution in [3.63, 3.8) is 0 Å². The average Bonchev–Trinajstić information content (AvgIpc) is 2.75. The van der Waals surface area contributed by atoms with Crippen molar-refractivity contribution in [1.82, 2.24) is 4.90 Å². The van der Waals surface area contributed by atoms with Crippen LogP contribution >= 0.6 is 27.5 Å². The van der Waals surface area contributed by atoms with Gasteiger partial charge < -0.3 is 9.64 Å². The van der Waals surface area contributed by atoms with Crippen LogP contribution in [-0.2, 0) is 17.6 Å². The number of amides is 1. The molecule has 1 aliphatic carbocycles. The SMILES string of the molecule is CN(C(=O)OC(C)(C)C)C1Cc2ccc(Br)c(Cl)c2C1. The Labute approximate surface area is 133 Å². The second-order valence-corrected chi connectivity index (χ2v) is 7.38. The molecule has 1 aliphatic rings. The van der Waals surface area contributed by atoms with Crippen LogP contribution < -0.4 is 0 Å². The van der Waals surface area contributed by atoms with Gasteiger partial charge >= 0.3 is 6.09 Å². The number of halogens is 2. The molecular weight excluding hydrogens is 342 g/mol. The summed E-state index contributed by atoms with van der Waals surface area (Å²) in [5, 5.41) is 0.752. The van der Waals surface area contributed by atoms with Crippen LogP contribution in [0.5, 0.6) is 0 Å². The molecule has 0 aliphatic heterocycles. The third-order valence-corrected chi connectivity index (χ3v) is 4.74. The maximum atomic E-state index is 12.1. The fourth-order valence-corrected chi connectivity index (χ4v) is 3.00. The minimum absolute atomic E-state index is 0.103. The summed E-state index contributed by atoms with van der Waals surface area (Å²) >= 11 is 9.75. The molecule has 0 aromatic heterocycles. The minimum Gasteiger partial charge on any atom is -0.444 e. The molecule has 1 unspecified atom stereocenters. The van der Waals surface area contributed by atoms with Gasteiger partial charge in [0.2, 0.25) is 0 Å². The number of benzene rings is 1. The number of fused-ring (bicyclic) bond motifs is 1. The van der Waals surface area contributed by atoms with Crippen LogP contribution in [0.1, 0.15) is 31.9 Å². The lowest BCUT2D eigenvalue weighted by Gasteiger charge is -2.28. The highest BCUT2D eigenvalue weighted by molar-refractivity contribution is 9.10. The van der Waals surface area contributed by atoms with Crippen LogP contribution in [0, 0.1) is 0 Å². The van der Waals surface area contributed by atoms with Gasteiger partial charge in [-0.25, -0.2) is 4.79 Å². The van der Waals surface area contributed by atoms with E-state index in [2.05, 4.69) is 22.0 Å². The molecule has 0 heterocycles. The van der Waals surface area contributed by atoms with Gasteiger partial charge in [-0.3, -0.25) is 0 Å². The maximum absolute atomic E-state index is 12.1. The molecule has 110 valence electrons. The smallest absolute Gasteiger partial charge is 0.410 e. The predicted octanol–water partition coefficient (Wildman–Crippen LogP) is 4.44. The van der Waals surface area contributed by atoms with E-state index >= 15 is 0 Å². The largest absolute Gasteiger partial charge is 0.444 e. The molecule has 0 saturated carbocycles. The zero-order chi connectivity index (χ0) is 15.1. The molecule has 0 radical (unpaired) electrons. The van der Waals surface area contributed by atoms with Crippen LogP contribution in [-0.4, -0.2) is 29.7 Å². The van der Waals surface area contributed by atoms with E-state index in [-0.39, 0.29) is 12.1 Å². The van der Waals surface area contributed by atoms with E-state index in [4.69, 9.17) is 16.3 Å². The summed E-state index contributed by atoms with van der Waals surface area (Å²) in [6.45, 7) is 5.61. The Balaban J connectivity index is 2.11. The van der Waals surface area contributed by atoms with Gasteiger partial charge in [-0.05, 0) is 66.7 Å². The molecule has 3 nitrogen and oxygen atoms in total. The van der Waals surface area contributed by atoms with E-state index in [0.29, 0.717) is 0 Å². The monoisotopic (exact) mass is 359 g/mol. The van der Waals surface area contributed by atoms with E-state index < -0.39 is 5.60 Å². The van der Waals surface area contributed by atoms with Crippen LogP contribution in [0.4, 0.5) is 4.79 Å². The van der Waals surface area contributed by atoms with Crippen LogP contribution in [0.2, 0.25) is 5.02 Å². The van der Waals surface area contributed by atoms with Crippen molar-refractivity contribution in [3.8, 4) is 0 Å². The zero-order valence-corrected chi connectivity index (χ0v) is 14.5. The lowest BCUT2D eigenvalue weighted by Crippen LogP contribution is -2.41. The number of nitrogens with zero attached hydrogens (tertiary/aromatic N) is 1. The van der Waals surface area contributed by atoms with E-state index in [1.807, 2.05) is 26.8 Å². The molecule has 1 amide bonds. The molecule has 2 rings (SSSR count). The van der Waals surface area contributed by atoms with Crippen molar-refractivity contribution in [1.29, 1.82) is 0 Å². The Morgan fingerprint density at radius 1 is 1.40 bits per heavy atom. The first-order valence-electron chi connectivity index (χ1n) is 6.60. The number of carbonyl (C=O) groups is 1. The van der Waals surface area contributed by atoms with Gasteiger partial charge in [0.1, 0.15) is 5.60 Å². The summed E-state index contributed by atoms with van der Waals surface area (Å²) in [5.74, 6) is 0. The van der Waals surface area contributed by atoms with E-state index in [1.165, 1.54) is 5.56 Å². The number of hydrogen-bond acceptors (Lipinski definition) is 2. The molecule has 1 atom stereocenters. The molecule has 5 heteroatoms. The molecule has 0 saturated heterocycles. The summed E-state index contributed by atoms with van der Waals surface area (Å²) in [6.07, 6.45) is 1.30. The summed E-state index contributed by atoms with van der Waals surface area (Å²) in [4.78, 5) is 13.8.